The Bertz CT molecular complexity index is 394. The maximum absolute atomic E-state index is 12.0. The predicted molar refractivity (Wildman–Crippen MR) is 70.7 cm³/mol. The van der Waals surface area contributed by atoms with Crippen LogP contribution >= 0.6 is 23.4 Å². The van der Waals surface area contributed by atoms with E-state index in [0.717, 1.165) is 6.42 Å². The zero-order chi connectivity index (χ0) is 12.3. The van der Waals surface area contributed by atoms with Crippen LogP contribution in [-0.2, 0) is 0 Å². The van der Waals surface area contributed by atoms with E-state index in [0.29, 0.717) is 10.8 Å². The molecule has 0 bridgehead atoms. The van der Waals surface area contributed by atoms with E-state index in [1.807, 2.05) is 11.8 Å². The lowest BCUT2D eigenvalue weighted by molar-refractivity contribution is 0.0929. The van der Waals surface area contributed by atoms with Crippen LogP contribution in [0.15, 0.2) is 16.7 Å². The number of carbonyl (C=O) groups excluding carboxylic acids is 1. The minimum atomic E-state index is -0.130. The minimum Gasteiger partial charge on any atom is -0.452 e. The van der Waals surface area contributed by atoms with Crippen molar-refractivity contribution < 1.29 is 9.21 Å². The Morgan fingerprint density at radius 3 is 2.94 bits per heavy atom. The number of nitrogens with one attached hydrogen (secondary N) is 1. The average Bonchev–Trinajstić information content (AvgIpc) is 2.76. The molecule has 1 aliphatic rings. The van der Waals surface area contributed by atoms with E-state index in [1.54, 1.807) is 6.07 Å². The lowest BCUT2D eigenvalue weighted by Gasteiger charge is -2.30. The molecule has 0 aromatic carbocycles. The van der Waals surface area contributed by atoms with Gasteiger partial charge in [-0.2, -0.15) is 11.8 Å². The average molecular weight is 274 g/mol. The van der Waals surface area contributed by atoms with Gasteiger partial charge in [-0.1, -0.05) is 12.8 Å². The lowest BCUT2D eigenvalue weighted by atomic mass is 9.94. The molecule has 17 heavy (non-hydrogen) atoms. The van der Waals surface area contributed by atoms with Crippen molar-refractivity contribution in [3.63, 3.8) is 0 Å². The fourth-order valence-electron chi connectivity index (χ4n) is 2.25. The number of furan rings is 1. The van der Waals surface area contributed by atoms with Crippen molar-refractivity contribution in [3.05, 3.63) is 23.1 Å². The third kappa shape index (κ3) is 2.99. The number of rotatable bonds is 3. The molecule has 1 aromatic heterocycles. The second-order valence-corrected chi connectivity index (χ2v) is 5.67. The molecule has 0 spiro atoms. The number of hydrogen-bond donors (Lipinski definition) is 1. The van der Waals surface area contributed by atoms with Gasteiger partial charge in [-0.25, -0.2) is 0 Å². The first-order valence-corrected chi connectivity index (χ1v) is 7.45. The Kier molecular flexibility index (Phi) is 4.40. The summed E-state index contributed by atoms with van der Waals surface area (Å²) in [5.74, 6) is -0.130. The maximum Gasteiger partial charge on any atom is 0.256 e. The second kappa shape index (κ2) is 5.83. The third-order valence-electron chi connectivity index (χ3n) is 3.18. The fraction of sp³-hybridized carbons (Fsp3) is 0.583. The molecule has 1 saturated carbocycles. The van der Waals surface area contributed by atoms with E-state index in [-0.39, 0.29) is 17.2 Å². The standard InChI is InChI=1S/C12H16ClNO2S/c1-17-10-5-3-2-4-9(10)14-12(15)8-6-7-16-11(8)13/h6-7,9-10H,2-5H2,1H3,(H,14,15). The van der Waals surface area contributed by atoms with E-state index in [1.165, 1.54) is 25.5 Å². The van der Waals surface area contributed by atoms with E-state index in [9.17, 15) is 4.79 Å². The van der Waals surface area contributed by atoms with Crippen molar-refractivity contribution in [1.82, 2.24) is 5.32 Å². The van der Waals surface area contributed by atoms with Crippen LogP contribution in [0, 0.1) is 0 Å². The van der Waals surface area contributed by atoms with Gasteiger partial charge in [0.2, 0.25) is 5.22 Å². The summed E-state index contributed by atoms with van der Waals surface area (Å²) in [4.78, 5) is 12.0. The van der Waals surface area contributed by atoms with Gasteiger partial charge in [0.25, 0.3) is 5.91 Å². The molecule has 1 amide bonds. The number of hydrogen-bond acceptors (Lipinski definition) is 3. The summed E-state index contributed by atoms with van der Waals surface area (Å²) in [6.07, 6.45) is 8.19. The zero-order valence-corrected chi connectivity index (χ0v) is 11.3. The minimum absolute atomic E-state index is 0.130. The van der Waals surface area contributed by atoms with Crippen LogP contribution in [-0.4, -0.2) is 23.5 Å². The first-order chi connectivity index (χ1) is 8.22. The van der Waals surface area contributed by atoms with E-state index >= 15 is 0 Å². The molecule has 1 N–H and O–H groups in total. The molecule has 2 atom stereocenters. The molecular weight excluding hydrogens is 258 g/mol. The fourth-order valence-corrected chi connectivity index (χ4v) is 3.38. The molecule has 2 unspecified atom stereocenters. The number of amides is 1. The maximum atomic E-state index is 12.0. The second-order valence-electron chi connectivity index (χ2n) is 4.25. The van der Waals surface area contributed by atoms with Crippen molar-refractivity contribution in [3.8, 4) is 0 Å². The molecule has 0 aliphatic heterocycles. The van der Waals surface area contributed by atoms with Gasteiger partial charge in [-0.15, -0.1) is 0 Å². The topological polar surface area (TPSA) is 42.2 Å². The highest BCUT2D eigenvalue weighted by atomic mass is 35.5. The molecule has 1 aromatic rings. The quantitative estimate of drug-likeness (QED) is 0.918. The Morgan fingerprint density at radius 2 is 2.29 bits per heavy atom. The highest BCUT2D eigenvalue weighted by molar-refractivity contribution is 7.99. The van der Waals surface area contributed by atoms with Crippen LogP contribution < -0.4 is 5.32 Å². The van der Waals surface area contributed by atoms with Crippen LogP contribution in [0.1, 0.15) is 36.0 Å². The predicted octanol–water partition coefficient (Wildman–Crippen LogP) is 3.34. The molecule has 1 fully saturated rings. The van der Waals surface area contributed by atoms with Crippen molar-refractivity contribution >= 4 is 29.3 Å². The monoisotopic (exact) mass is 273 g/mol. The van der Waals surface area contributed by atoms with Crippen LogP contribution in [0.5, 0.6) is 0 Å². The van der Waals surface area contributed by atoms with Gasteiger partial charge in [0.05, 0.1) is 11.8 Å². The highest BCUT2D eigenvalue weighted by Crippen LogP contribution is 2.27. The van der Waals surface area contributed by atoms with Crippen LogP contribution in [0.4, 0.5) is 0 Å². The Labute approximate surface area is 110 Å². The smallest absolute Gasteiger partial charge is 0.256 e. The lowest BCUT2D eigenvalue weighted by Crippen LogP contribution is -2.43. The SMILES string of the molecule is CSC1CCCCC1NC(=O)c1ccoc1Cl. The van der Waals surface area contributed by atoms with Crippen molar-refractivity contribution in [2.75, 3.05) is 6.26 Å². The van der Waals surface area contributed by atoms with Crippen molar-refractivity contribution in [1.29, 1.82) is 0 Å². The van der Waals surface area contributed by atoms with E-state index < -0.39 is 0 Å². The third-order valence-corrected chi connectivity index (χ3v) is 4.65. The molecule has 5 heteroatoms. The van der Waals surface area contributed by atoms with Gasteiger partial charge in [-0.05, 0) is 36.8 Å². The molecule has 1 aliphatic carbocycles. The highest BCUT2D eigenvalue weighted by Gasteiger charge is 2.26. The Hall–Kier alpha value is -0.610. The normalized spacial score (nSPS) is 24.6. The van der Waals surface area contributed by atoms with E-state index in [2.05, 4.69) is 11.6 Å². The molecule has 1 heterocycles. The van der Waals surface area contributed by atoms with Gasteiger partial charge < -0.3 is 9.73 Å². The van der Waals surface area contributed by atoms with Gasteiger partial charge in [0.15, 0.2) is 0 Å². The van der Waals surface area contributed by atoms with Gasteiger partial charge in [-0.3, -0.25) is 4.79 Å². The Balaban J connectivity index is 2.00. The van der Waals surface area contributed by atoms with Gasteiger partial charge in [0, 0.05) is 11.3 Å². The number of halogens is 1. The summed E-state index contributed by atoms with van der Waals surface area (Å²) in [5, 5.41) is 3.74. The number of thioether (sulfide) groups is 1. The summed E-state index contributed by atoms with van der Waals surface area (Å²) in [5.41, 5.74) is 0.428. The summed E-state index contributed by atoms with van der Waals surface area (Å²) in [6.45, 7) is 0. The first-order valence-electron chi connectivity index (χ1n) is 5.79. The summed E-state index contributed by atoms with van der Waals surface area (Å²) < 4.78 is 4.93. The van der Waals surface area contributed by atoms with Crippen molar-refractivity contribution in [2.24, 2.45) is 0 Å². The van der Waals surface area contributed by atoms with Crippen LogP contribution in [0.3, 0.4) is 0 Å². The first kappa shape index (κ1) is 12.8. The molecule has 0 saturated heterocycles. The summed E-state index contributed by atoms with van der Waals surface area (Å²) in [6, 6.07) is 1.85. The van der Waals surface area contributed by atoms with Gasteiger partial charge >= 0.3 is 0 Å². The summed E-state index contributed by atoms with van der Waals surface area (Å²) in [7, 11) is 0. The summed E-state index contributed by atoms with van der Waals surface area (Å²) >= 11 is 7.62. The molecule has 2 rings (SSSR count). The molecule has 0 radical (unpaired) electrons. The van der Waals surface area contributed by atoms with E-state index in [4.69, 9.17) is 16.0 Å². The Morgan fingerprint density at radius 1 is 1.53 bits per heavy atom. The van der Waals surface area contributed by atoms with Crippen LogP contribution in [0.25, 0.3) is 0 Å². The largest absolute Gasteiger partial charge is 0.452 e. The molecule has 94 valence electrons. The molecular formula is C12H16ClNO2S. The van der Waals surface area contributed by atoms with Crippen molar-refractivity contribution in [2.45, 2.75) is 37.0 Å². The number of carbonyl (C=O) groups is 1. The molecule has 3 nitrogen and oxygen atoms in total. The van der Waals surface area contributed by atoms with Gasteiger partial charge in [0.1, 0.15) is 0 Å². The zero-order valence-electron chi connectivity index (χ0n) is 9.74. The van der Waals surface area contributed by atoms with Crippen LogP contribution in [0.2, 0.25) is 5.22 Å².